The van der Waals surface area contributed by atoms with Crippen LogP contribution in [-0.4, -0.2) is 65.3 Å². The van der Waals surface area contributed by atoms with E-state index in [9.17, 15) is 0 Å². The van der Waals surface area contributed by atoms with Crippen LogP contribution >= 0.6 is 0 Å². The minimum Gasteiger partial charge on any atom is -0.378 e. The summed E-state index contributed by atoms with van der Waals surface area (Å²) >= 11 is 0. The molecule has 0 atom stereocenters. The average Bonchev–Trinajstić information content (AvgIpc) is 2.66. The number of ether oxygens (including phenoxy) is 1. The second-order valence-corrected chi connectivity index (χ2v) is 7.03. The molecule has 4 heterocycles. The Hall–Kier alpha value is -2.49. The first-order chi connectivity index (χ1) is 13.2. The van der Waals surface area contributed by atoms with Crippen LogP contribution in [0.25, 0.3) is 0 Å². The molecule has 0 aromatic carbocycles. The first kappa shape index (κ1) is 17.9. The fraction of sp³-hybridized carbons (Fsp3) is 0.476. The van der Waals surface area contributed by atoms with Gasteiger partial charge >= 0.3 is 0 Å². The zero-order chi connectivity index (χ0) is 18.6. The van der Waals surface area contributed by atoms with Crippen LogP contribution in [0.4, 0.5) is 5.82 Å². The van der Waals surface area contributed by atoms with Gasteiger partial charge in [0.2, 0.25) is 0 Å². The minimum absolute atomic E-state index is 0.594. The molecule has 0 amide bonds. The van der Waals surface area contributed by atoms with E-state index in [0.29, 0.717) is 6.04 Å². The highest BCUT2D eigenvalue weighted by Gasteiger charge is 2.29. The van der Waals surface area contributed by atoms with Crippen molar-refractivity contribution < 1.29 is 4.74 Å². The minimum atomic E-state index is 0.594. The highest BCUT2D eigenvalue weighted by atomic mass is 16.5. The van der Waals surface area contributed by atoms with Crippen molar-refractivity contribution >= 4 is 5.82 Å². The average molecular weight is 363 g/mol. The summed E-state index contributed by atoms with van der Waals surface area (Å²) in [5.74, 6) is 7.53. The van der Waals surface area contributed by atoms with E-state index < -0.39 is 0 Å². The van der Waals surface area contributed by atoms with Gasteiger partial charge in [0.1, 0.15) is 12.1 Å². The summed E-state index contributed by atoms with van der Waals surface area (Å²) in [7, 11) is 0. The SMILES string of the molecule is CCc1ncnc(N2CCN(C3COC3)CC2)c1C#Cc1ccc(C)nc1. The molecule has 0 spiro atoms. The van der Waals surface area contributed by atoms with Crippen molar-refractivity contribution in [1.29, 1.82) is 0 Å². The molecule has 2 aliphatic rings. The lowest BCUT2D eigenvalue weighted by molar-refractivity contribution is -0.0661. The zero-order valence-corrected chi connectivity index (χ0v) is 16.0. The Kier molecular flexibility index (Phi) is 5.33. The number of aryl methyl sites for hydroxylation is 2. The molecule has 0 radical (unpaired) electrons. The summed E-state index contributed by atoms with van der Waals surface area (Å²) in [5, 5.41) is 0. The van der Waals surface area contributed by atoms with Crippen LogP contribution in [0.5, 0.6) is 0 Å². The Morgan fingerprint density at radius 2 is 1.89 bits per heavy atom. The number of piperazine rings is 1. The van der Waals surface area contributed by atoms with Gasteiger partial charge in [-0.15, -0.1) is 0 Å². The lowest BCUT2D eigenvalue weighted by Crippen LogP contribution is -2.56. The van der Waals surface area contributed by atoms with E-state index in [2.05, 4.69) is 43.5 Å². The zero-order valence-electron chi connectivity index (χ0n) is 16.0. The van der Waals surface area contributed by atoms with Crippen molar-refractivity contribution in [3.8, 4) is 11.8 Å². The van der Waals surface area contributed by atoms with E-state index in [-0.39, 0.29) is 0 Å². The van der Waals surface area contributed by atoms with Crippen molar-refractivity contribution in [2.24, 2.45) is 0 Å². The fourth-order valence-corrected chi connectivity index (χ4v) is 3.46. The molecule has 2 saturated heterocycles. The molecule has 0 N–H and O–H groups in total. The summed E-state index contributed by atoms with van der Waals surface area (Å²) in [4.78, 5) is 18.2. The number of hydrogen-bond donors (Lipinski definition) is 0. The van der Waals surface area contributed by atoms with E-state index >= 15 is 0 Å². The van der Waals surface area contributed by atoms with Gasteiger partial charge in [0.05, 0.1) is 30.5 Å². The van der Waals surface area contributed by atoms with E-state index in [0.717, 1.165) is 74.1 Å². The highest BCUT2D eigenvalue weighted by molar-refractivity contribution is 5.59. The molecule has 4 rings (SSSR count). The normalized spacial score (nSPS) is 17.9. The van der Waals surface area contributed by atoms with Crippen LogP contribution in [-0.2, 0) is 11.2 Å². The van der Waals surface area contributed by atoms with Gasteiger partial charge in [-0.1, -0.05) is 18.8 Å². The topological polar surface area (TPSA) is 54.4 Å². The van der Waals surface area contributed by atoms with E-state index in [4.69, 9.17) is 4.74 Å². The van der Waals surface area contributed by atoms with Gasteiger partial charge in [-0.25, -0.2) is 9.97 Å². The molecule has 2 aromatic heterocycles. The van der Waals surface area contributed by atoms with Gasteiger partial charge in [0, 0.05) is 43.6 Å². The maximum absolute atomic E-state index is 5.33. The molecule has 6 nitrogen and oxygen atoms in total. The molecule has 2 fully saturated rings. The van der Waals surface area contributed by atoms with Crippen LogP contribution in [0, 0.1) is 18.8 Å². The van der Waals surface area contributed by atoms with Crippen molar-refractivity contribution in [1.82, 2.24) is 19.9 Å². The van der Waals surface area contributed by atoms with Crippen molar-refractivity contribution in [3.05, 3.63) is 47.2 Å². The van der Waals surface area contributed by atoms with E-state index in [1.54, 1.807) is 6.33 Å². The molecule has 0 bridgehead atoms. The molecule has 2 aliphatic heterocycles. The lowest BCUT2D eigenvalue weighted by Gasteiger charge is -2.43. The van der Waals surface area contributed by atoms with E-state index in [1.165, 1.54) is 0 Å². The predicted octanol–water partition coefficient (Wildman–Crippen LogP) is 1.66. The maximum Gasteiger partial charge on any atom is 0.148 e. The van der Waals surface area contributed by atoms with Gasteiger partial charge in [-0.3, -0.25) is 9.88 Å². The number of nitrogens with zero attached hydrogens (tertiary/aromatic N) is 5. The van der Waals surface area contributed by atoms with Gasteiger partial charge in [0.15, 0.2) is 0 Å². The first-order valence-electron chi connectivity index (χ1n) is 9.60. The number of rotatable bonds is 3. The van der Waals surface area contributed by atoms with Gasteiger partial charge in [0.25, 0.3) is 0 Å². The molecule has 140 valence electrons. The highest BCUT2D eigenvalue weighted by Crippen LogP contribution is 2.22. The van der Waals surface area contributed by atoms with Gasteiger partial charge in [-0.2, -0.15) is 0 Å². The monoisotopic (exact) mass is 363 g/mol. The van der Waals surface area contributed by atoms with Crippen molar-refractivity contribution in [3.63, 3.8) is 0 Å². The largest absolute Gasteiger partial charge is 0.378 e. The van der Waals surface area contributed by atoms with Gasteiger partial charge in [-0.05, 0) is 25.5 Å². The Bertz CT molecular complexity index is 843. The molecular formula is C21H25N5O. The second-order valence-electron chi connectivity index (χ2n) is 7.03. The van der Waals surface area contributed by atoms with Crippen molar-refractivity contribution in [2.45, 2.75) is 26.3 Å². The summed E-state index contributed by atoms with van der Waals surface area (Å²) in [6.45, 7) is 9.81. The van der Waals surface area contributed by atoms with Crippen LogP contribution in [0.15, 0.2) is 24.7 Å². The fourth-order valence-electron chi connectivity index (χ4n) is 3.46. The number of hydrogen-bond acceptors (Lipinski definition) is 6. The maximum atomic E-state index is 5.33. The molecule has 27 heavy (non-hydrogen) atoms. The summed E-state index contributed by atoms with van der Waals surface area (Å²) in [6, 6.07) is 4.58. The quantitative estimate of drug-likeness (QED) is 0.773. The second kappa shape index (κ2) is 8.03. The lowest BCUT2D eigenvalue weighted by atomic mass is 10.1. The van der Waals surface area contributed by atoms with Crippen LogP contribution in [0.1, 0.15) is 29.4 Å². The summed E-state index contributed by atoms with van der Waals surface area (Å²) in [6.07, 6.45) is 4.32. The van der Waals surface area contributed by atoms with E-state index in [1.807, 2.05) is 25.3 Å². The third kappa shape index (κ3) is 3.95. The Balaban J connectivity index is 1.57. The molecule has 2 aromatic rings. The standard InChI is InChI=1S/C21H25N5O/c1-3-20-19(7-6-17-5-4-16(2)22-12-17)21(24-15-23-20)26-10-8-25(9-11-26)18-13-27-14-18/h4-5,12,15,18H,3,8-11,13-14H2,1-2H3. The Morgan fingerprint density at radius 3 is 2.52 bits per heavy atom. The third-order valence-corrected chi connectivity index (χ3v) is 5.23. The first-order valence-corrected chi connectivity index (χ1v) is 9.60. The molecule has 0 saturated carbocycles. The summed E-state index contributed by atoms with van der Waals surface area (Å²) < 4.78 is 5.33. The Morgan fingerprint density at radius 1 is 1.07 bits per heavy atom. The number of anilines is 1. The molecule has 6 heteroatoms. The van der Waals surface area contributed by atoms with Crippen LogP contribution < -0.4 is 4.90 Å². The Labute approximate surface area is 160 Å². The molecule has 0 unspecified atom stereocenters. The van der Waals surface area contributed by atoms with Crippen molar-refractivity contribution in [2.75, 3.05) is 44.3 Å². The van der Waals surface area contributed by atoms with Crippen LogP contribution in [0.2, 0.25) is 0 Å². The molecular weight excluding hydrogens is 338 g/mol. The third-order valence-electron chi connectivity index (χ3n) is 5.23. The number of pyridine rings is 1. The summed E-state index contributed by atoms with van der Waals surface area (Å²) in [5.41, 5.74) is 3.85. The predicted molar refractivity (Wildman–Crippen MR) is 105 cm³/mol. The molecule has 0 aliphatic carbocycles. The smallest absolute Gasteiger partial charge is 0.148 e. The van der Waals surface area contributed by atoms with Gasteiger partial charge < -0.3 is 9.64 Å². The van der Waals surface area contributed by atoms with Crippen LogP contribution in [0.3, 0.4) is 0 Å². The number of aromatic nitrogens is 3.